The van der Waals surface area contributed by atoms with Crippen molar-refractivity contribution < 1.29 is 8.42 Å². The molecule has 6 heteroatoms. The average molecular weight is 302 g/mol. The quantitative estimate of drug-likeness (QED) is 0.838. The smallest absolute Gasteiger partial charge is 0.153 e. The molecule has 0 unspecified atom stereocenters. The van der Waals surface area contributed by atoms with Crippen LogP contribution in [0, 0.1) is 5.92 Å². The van der Waals surface area contributed by atoms with Gasteiger partial charge < -0.3 is 5.32 Å². The van der Waals surface area contributed by atoms with E-state index in [1.165, 1.54) is 24.0 Å². The summed E-state index contributed by atoms with van der Waals surface area (Å²) >= 11 is 1.55. The highest BCUT2D eigenvalue weighted by atomic mass is 32.2. The Balaban J connectivity index is 2.11. The average Bonchev–Trinajstić information content (AvgIpc) is 2.98. The van der Waals surface area contributed by atoms with E-state index in [2.05, 4.69) is 24.1 Å². The fourth-order valence-electron chi connectivity index (χ4n) is 1.93. The summed E-state index contributed by atoms with van der Waals surface area (Å²) in [5, 5.41) is 4.21. The van der Waals surface area contributed by atoms with Gasteiger partial charge in [-0.2, -0.15) is 0 Å². The lowest BCUT2D eigenvalue weighted by atomic mass is 10.1. The molecule has 4 nitrogen and oxygen atoms in total. The van der Waals surface area contributed by atoms with Crippen LogP contribution in [-0.4, -0.2) is 25.7 Å². The zero-order valence-corrected chi connectivity index (χ0v) is 13.4. The SMILES string of the molecule is CC(C)Cc1nc(CS(C)(=O)=O)sc1CNC1CC1. The Morgan fingerprint density at radius 3 is 2.63 bits per heavy atom. The van der Waals surface area contributed by atoms with E-state index in [1.807, 2.05) is 0 Å². The molecule has 108 valence electrons. The zero-order chi connectivity index (χ0) is 14.0. The number of hydrogen-bond acceptors (Lipinski definition) is 5. The first-order valence-electron chi connectivity index (χ1n) is 6.72. The summed E-state index contributed by atoms with van der Waals surface area (Å²) in [7, 11) is -3.00. The van der Waals surface area contributed by atoms with E-state index in [9.17, 15) is 8.42 Å². The number of hydrogen-bond donors (Lipinski definition) is 1. The number of nitrogens with zero attached hydrogens (tertiary/aromatic N) is 1. The van der Waals surface area contributed by atoms with Gasteiger partial charge in [0.25, 0.3) is 0 Å². The maximum Gasteiger partial charge on any atom is 0.153 e. The van der Waals surface area contributed by atoms with E-state index in [1.54, 1.807) is 11.3 Å². The molecule has 0 aromatic carbocycles. The van der Waals surface area contributed by atoms with Crippen LogP contribution in [0.1, 0.15) is 42.3 Å². The van der Waals surface area contributed by atoms with Gasteiger partial charge in [-0.25, -0.2) is 13.4 Å². The molecule has 1 aliphatic rings. The second-order valence-electron chi connectivity index (χ2n) is 5.80. The standard InChI is InChI=1S/C13H22N2O2S2/c1-9(2)6-11-12(7-14-10-4-5-10)18-13(15-11)8-19(3,16)17/h9-10,14H,4-8H2,1-3H3. The maximum atomic E-state index is 11.4. The molecule has 0 saturated heterocycles. The molecule has 0 aliphatic heterocycles. The van der Waals surface area contributed by atoms with Crippen molar-refractivity contribution in [2.45, 2.75) is 51.4 Å². The van der Waals surface area contributed by atoms with Crippen LogP contribution in [0.4, 0.5) is 0 Å². The second-order valence-corrected chi connectivity index (χ2v) is 9.11. The van der Waals surface area contributed by atoms with Gasteiger partial charge in [-0.3, -0.25) is 0 Å². The van der Waals surface area contributed by atoms with Crippen LogP contribution in [0.25, 0.3) is 0 Å². The first-order valence-corrected chi connectivity index (χ1v) is 9.60. The molecule has 1 heterocycles. The van der Waals surface area contributed by atoms with Crippen LogP contribution < -0.4 is 5.32 Å². The number of thiazole rings is 1. The molecule has 0 amide bonds. The summed E-state index contributed by atoms with van der Waals surface area (Å²) in [6.45, 7) is 5.15. The van der Waals surface area contributed by atoms with Gasteiger partial charge in [-0.1, -0.05) is 13.8 Å². The molecule has 1 fully saturated rings. The summed E-state index contributed by atoms with van der Waals surface area (Å²) in [4.78, 5) is 5.74. The molecule has 1 saturated carbocycles. The molecule has 0 radical (unpaired) electrons. The lowest BCUT2D eigenvalue weighted by molar-refractivity contribution is 0.600. The van der Waals surface area contributed by atoms with Crippen molar-refractivity contribution in [1.29, 1.82) is 0 Å². The van der Waals surface area contributed by atoms with Crippen LogP contribution in [0.15, 0.2) is 0 Å². The highest BCUT2D eigenvalue weighted by Crippen LogP contribution is 2.25. The molecule has 19 heavy (non-hydrogen) atoms. The minimum atomic E-state index is -3.00. The van der Waals surface area contributed by atoms with Crippen LogP contribution in [-0.2, 0) is 28.6 Å². The van der Waals surface area contributed by atoms with Crippen molar-refractivity contribution in [2.75, 3.05) is 6.26 Å². The topological polar surface area (TPSA) is 59.1 Å². The zero-order valence-electron chi connectivity index (χ0n) is 11.8. The van der Waals surface area contributed by atoms with E-state index in [0.29, 0.717) is 12.0 Å². The third-order valence-electron chi connectivity index (χ3n) is 2.94. The van der Waals surface area contributed by atoms with Gasteiger partial charge in [0.15, 0.2) is 9.84 Å². The third kappa shape index (κ3) is 5.20. The molecule has 0 atom stereocenters. The number of sulfone groups is 1. The Kier molecular flexibility index (Phi) is 4.63. The molecule has 1 aromatic rings. The minimum absolute atomic E-state index is 0.0617. The first kappa shape index (κ1) is 14.9. The molecule has 0 spiro atoms. The van der Waals surface area contributed by atoms with Gasteiger partial charge >= 0.3 is 0 Å². The van der Waals surface area contributed by atoms with Gasteiger partial charge in [0.1, 0.15) is 10.8 Å². The lowest BCUT2D eigenvalue weighted by Crippen LogP contribution is -2.15. The third-order valence-corrected chi connectivity index (χ3v) is 5.02. The van der Waals surface area contributed by atoms with Crippen molar-refractivity contribution >= 4 is 21.2 Å². The Labute approximate surface area is 119 Å². The number of rotatable bonds is 7. The van der Waals surface area contributed by atoms with Crippen molar-refractivity contribution in [1.82, 2.24) is 10.3 Å². The van der Waals surface area contributed by atoms with Crippen molar-refractivity contribution in [3.63, 3.8) is 0 Å². The second kappa shape index (κ2) is 5.89. The van der Waals surface area contributed by atoms with Crippen molar-refractivity contribution in [2.24, 2.45) is 5.92 Å². The van der Waals surface area contributed by atoms with Crippen LogP contribution in [0.2, 0.25) is 0 Å². The minimum Gasteiger partial charge on any atom is -0.309 e. The van der Waals surface area contributed by atoms with Gasteiger partial charge in [0.05, 0.1) is 5.69 Å². The van der Waals surface area contributed by atoms with Crippen LogP contribution >= 0.6 is 11.3 Å². The molecule has 2 rings (SSSR count). The Morgan fingerprint density at radius 2 is 2.11 bits per heavy atom. The van der Waals surface area contributed by atoms with E-state index >= 15 is 0 Å². The summed E-state index contributed by atoms with van der Waals surface area (Å²) in [6, 6.07) is 0.660. The van der Waals surface area contributed by atoms with Gasteiger partial charge in [0, 0.05) is 23.7 Å². The van der Waals surface area contributed by atoms with Crippen LogP contribution in [0.3, 0.4) is 0 Å². The molecular formula is C13H22N2O2S2. The van der Waals surface area contributed by atoms with E-state index in [0.717, 1.165) is 23.7 Å². The first-order chi connectivity index (χ1) is 8.83. The Bertz CT molecular complexity index is 531. The summed E-state index contributed by atoms with van der Waals surface area (Å²) < 4.78 is 22.7. The highest BCUT2D eigenvalue weighted by Gasteiger charge is 2.22. The molecule has 1 aromatic heterocycles. The molecule has 0 bridgehead atoms. The molecule has 1 aliphatic carbocycles. The lowest BCUT2D eigenvalue weighted by Gasteiger charge is -2.05. The Hall–Kier alpha value is -0.460. The molecule has 1 N–H and O–H groups in total. The van der Waals surface area contributed by atoms with E-state index in [4.69, 9.17) is 0 Å². The van der Waals surface area contributed by atoms with Crippen molar-refractivity contribution in [3.05, 3.63) is 15.6 Å². The maximum absolute atomic E-state index is 11.4. The van der Waals surface area contributed by atoms with Gasteiger partial charge in [-0.05, 0) is 25.2 Å². The van der Waals surface area contributed by atoms with Crippen LogP contribution in [0.5, 0.6) is 0 Å². The fraction of sp³-hybridized carbons (Fsp3) is 0.769. The fourth-order valence-corrected chi connectivity index (χ4v) is 4.17. The van der Waals surface area contributed by atoms with Gasteiger partial charge in [0.2, 0.25) is 0 Å². The van der Waals surface area contributed by atoms with E-state index in [-0.39, 0.29) is 5.75 Å². The van der Waals surface area contributed by atoms with Gasteiger partial charge in [-0.15, -0.1) is 11.3 Å². The summed E-state index contributed by atoms with van der Waals surface area (Å²) in [5.74, 6) is 0.597. The largest absolute Gasteiger partial charge is 0.309 e. The highest BCUT2D eigenvalue weighted by molar-refractivity contribution is 7.90. The monoisotopic (exact) mass is 302 g/mol. The summed E-state index contributed by atoms with van der Waals surface area (Å²) in [5.41, 5.74) is 1.08. The predicted molar refractivity (Wildman–Crippen MR) is 79.1 cm³/mol. The number of nitrogens with one attached hydrogen (secondary N) is 1. The van der Waals surface area contributed by atoms with E-state index < -0.39 is 9.84 Å². The van der Waals surface area contributed by atoms with Crippen molar-refractivity contribution in [3.8, 4) is 0 Å². The number of aromatic nitrogens is 1. The molecular weight excluding hydrogens is 280 g/mol. The normalized spacial score (nSPS) is 16.2. The Morgan fingerprint density at radius 1 is 1.42 bits per heavy atom. The summed E-state index contributed by atoms with van der Waals surface area (Å²) in [6.07, 6.45) is 4.70. The predicted octanol–water partition coefficient (Wildman–Crippen LogP) is 2.14.